The lowest BCUT2D eigenvalue weighted by molar-refractivity contribution is -0.141. The fraction of sp³-hybridized carbons (Fsp3) is 0.292. The number of hydrazone groups is 1. The molecular weight excluding hydrogens is 551 g/mol. The summed E-state index contributed by atoms with van der Waals surface area (Å²) in [5.74, 6) is -2.17. The molecular formula is C24H25IN4O5. The van der Waals surface area contributed by atoms with Crippen molar-refractivity contribution in [3.8, 4) is 0 Å². The van der Waals surface area contributed by atoms with Crippen LogP contribution in [0.25, 0.3) is 0 Å². The summed E-state index contributed by atoms with van der Waals surface area (Å²) in [5, 5.41) is 18.4. The van der Waals surface area contributed by atoms with Crippen LogP contribution >= 0.6 is 22.6 Å². The van der Waals surface area contributed by atoms with Crippen LogP contribution < -0.4 is 16.1 Å². The van der Waals surface area contributed by atoms with Crippen LogP contribution in [-0.2, 0) is 14.4 Å². The molecule has 1 aliphatic heterocycles. The van der Waals surface area contributed by atoms with Gasteiger partial charge in [-0.15, -0.1) is 0 Å². The average Bonchev–Trinajstić information content (AvgIpc) is 3.11. The molecule has 3 rings (SSSR count). The Labute approximate surface area is 210 Å². The Morgan fingerprint density at radius 3 is 2.53 bits per heavy atom. The van der Waals surface area contributed by atoms with Gasteiger partial charge in [0.05, 0.1) is 11.6 Å². The van der Waals surface area contributed by atoms with Crippen LogP contribution in [-0.4, -0.2) is 34.5 Å². The Kier molecular flexibility index (Phi) is 8.74. The van der Waals surface area contributed by atoms with Gasteiger partial charge in [-0.1, -0.05) is 19.8 Å². The molecule has 1 atom stereocenters. The van der Waals surface area contributed by atoms with Gasteiger partial charge in [-0.2, -0.15) is 5.10 Å². The Balaban J connectivity index is 1.47. The third-order valence-electron chi connectivity index (χ3n) is 5.36. The molecule has 0 aromatic heterocycles. The van der Waals surface area contributed by atoms with Crippen LogP contribution in [0, 0.1) is 9.49 Å². The predicted octanol–water partition coefficient (Wildman–Crippen LogP) is 3.99. The van der Waals surface area contributed by atoms with E-state index in [4.69, 9.17) is 5.11 Å². The van der Waals surface area contributed by atoms with E-state index in [9.17, 15) is 19.2 Å². The maximum atomic E-state index is 12.4. The van der Waals surface area contributed by atoms with Crippen LogP contribution in [0.3, 0.4) is 0 Å². The van der Waals surface area contributed by atoms with E-state index >= 15 is 0 Å². The minimum atomic E-state index is -0.800. The minimum absolute atomic E-state index is 0.142. The van der Waals surface area contributed by atoms with E-state index in [0.29, 0.717) is 41.8 Å². The van der Waals surface area contributed by atoms with Crippen LogP contribution in [0.2, 0.25) is 0 Å². The molecule has 178 valence electrons. The molecule has 0 radical (unpaired) electrons. The first-order valence-electron chi connectivity index (χ1n) is 10.9. The molecule has 0 saturated heterocycles. The summed E-state index contributed by atoms with van der Waals surface area (Å²) in [6.45, 7) is 1.68. The number of rotatable bonds is 10. The van der Waals surface area contributed by atoms with Gasteiger partial charge < -0.3 is 15.7 Å². The molecule has 3 amide bonds. The first-order valence-corrected chi connectivity index (χ1v) is 11.9. The number of aliphatic carboxylic acids is 1. The molecule has 2 aromatic carbocycles. The second-order valence-corrected chi connectivity index (χ2v) is 9.26. The summed E-state index contributed by atoms with van der Waals surface area (Å²) in [6, 6.07) is 11.8. The lowest BCUT2D eigenvalue weighted by Gasteiger charge is -2.07. The number of carbonyl (C=O) groups is 4. The fourth-order valence-corrected chi connectivity index (χ4v) is 3.86. The van der Waals surface area contributed by atoms with Gasteiger partial charge in [-0.25, -0.2) is 5.43 Å². The molecule has 2 aromatic rings. The third kappa shape index (κ3) is 6.86. The van der Waals surface area contributed by atoms with E-state index in [1.807, 2.05) is 12.1 Å². The largest absolute Gasteiger partial charge is 0.481 e. The molecule has 0 spiro atoms. The highest BCUT2D eigenvalue weighted by atomic mass is 127. The van der Waals surface area contributed by atoms with Crippen molar-refractivity contribution in [2.45, 2.75) is 39.0 Å². The van der Waals surface area contributed by atoms with Gasteiger partial charge in [0.1, 0.15) is 0 Å². The number of hydrogen-bond donors (Lipinski definition) is 4. The molecule has 1 unspecified atom stereocenters. The van der Waals surface area contributed by atoms with Gasteiger partial charge in [0.25, 0.3) is 11.8 Å². The SMILES string of the molecule is CC(CCCCCC(=O)Nc1ccc(C(=O)NN=C2C(=O)Nc3ccc(I)cc32)cc1)C(=O)O. The van der Waals surface area contributed by atoms with E-state index in [1.165, 1.54) is 0 Å². The van der Waals surface area contributed by atoms with E-state index in [-0.39, 0.29) is 23.4 Å². The molecule has 0 bridgehead atoms. The molecule has 0 fully saturated rings. The maximum Gasteiger partial charge on any atom is 0.306 e. The smallest absolute Gasteiger partial charge is 0.306 e. The second-order valence-electron chi connectivity index (χ2n) is 8.01. The number of benzene rings is 2. The molecule has 0 aliphatic carbocycles. The van der Waals surface area contributed by atoms with E-state index in [2.05, 4.69) is 43.8 Å². The highest BCUT2D eigenvalue weighted by Crippen LogP contribution is 2.25. The zero-order valence-electron chi connectivity index (χ0n) is 18.6. The molecule has 1 heterocycles. The van der Waals surface area contributed by atoms with Crippen molar-refractivity contribution in [3.63, 3.8) is 0 Å². The van der Waals surface area contributed by atoms with Crippen LogP contribution in [0.4, 0.5) is 11.4 Å². The van der Waals surface area contributed by atoms with Crippen molar-refractivity contribution in [3.05, 3.63) is 57.2 Å². The number of carboxylic acid groups (broad SMARTS) is 1. The molecule has 4 N–H and O–H groups in total. The summed E-state index contributed by atoms with van der Waals surface area (Å²) < 4.78 is 0.942. The van der Waals surface area contributed by atoms with Crippen molar-refractivity contribution < 1.29 is 24.3 Å². The number of unbranched alkanes of at least 4 members (excludes halogenated alkanes) is 2. The number of nitrogens with zero attached hydrogens (tertiary/aromatic N) is 1. The number of carboxylic acids is 1. The van der Waals surface area contributed by atoms with E-state index in [0.717, 1.165) is 16.4 Å². The van der Waals surface area contributed by atoms with Crippen LogP contribution in [0.1, 0.15) is 54.9 Å². The molecule has 34 heavy (non-hydrogen) atoms. The highest BCUT2D eigenvalue weighted by Gasteiger charge is 2.26. The number of fused-ring (bicyclic) bond motifs is 1. The van der Waals surface area contributed by atoms with Crippen molar-refractivity contribution in [2.75, 3.05) is 10.6 Å². The summed E-state index contributed by atoms with van der Waals surface area (Å²) >= 11 is 2.14. The lowest BCUT2D eigenvalue weighted by atomic mass is 10.0. The second kappa shape index (κ2) is 11.7. The quantitative estimate of drug-likeness (QED) is 0.193. The Morgan fingerprint density at radius 2 is 1.82 bits per heavy atom. The van der Waals surface area contributed by atoms with Gasteiger partial charge in [-0.05, 0) is 77.9 Å². The summed E-state index contributed by atoms with van der Waals surface area (Å²) in [6.07, 6.45) is 3.16. The summed E-state index contributed by atoms with van der Waals surface area (Å²) in [7, 11) is 0. The number of hydrogen-bond acceptors (Lipinski definition) is 5. The molecule has 10 heteroatoms. The standard InChI is InChI=1S/C24H25IN4O5/c1-14(24(33)34)5-3-2-4-6-20(30)26-17-10-7-15(8-11-17)22(31)29-28-21-18-13-16(25)9-12-19(18)27-23(21)32/h7-14H,2-6H2,1H3,(H,26,30)(H,29,31)(H,33,34)(H,27,28,32). The Morgan fingerprint density at radius 1 is 1.09 bits per heavy atom. The number of nitrogens with one attached hydrogen (secondary N) is 3. The van der Waals surface area contributed by atoms with Gasteiger partial charge in [0.15, 0.2) is 5.71 Å². The maximum absolute atomic E-state index is 12.4. The molecule has 0 saturated carbocycles. The lowest BCUT2D eigenvalue weighted by Crippen LogP contribution is -2.23. The van der Waals surface area contributed by atoms with Crippen molar-refractivity contribution in [1.82, 2.24) is 5.43 Å². The number of amides is 3. The minimum Gasteiger partial charge on any atom is -0.481 e. The van der Waals surface area contributed by atoms with Crippen molar-refractivity contribution in [1.29, 1.82) is 0 Å². The van der Waals surface area contributed by atoms with Crippen LogP contribution in [0.5, 0.6) is 0 Å². The van der Waals surface area contributed by atoms with Gasteiger partial charge in [0.2, 0.25) is 5.91 Å². The average molecular weight is 576 g/mol. The zero-order valence-corrected chi connectivity index (χ0v) is 20.7. The van der Waals surface area contributed by atoms with E-state index in [1.54, 1.807) is 37.3 Å². The van der Waals surface area contributed by atoms with Crippen molar-refractivity contribution in [2.24, 2.45) is 11.0 Å². The van der Waals surface area contributed by atoms with Crippen molar-refractivity contribution >= 4 is 63.4 Å². The highest BCUT2D eigenvalue weighted by molar-refractivity contribution is 14.1. The number of carbonyl (C=O) groups excluding carboxylic acids is 3. The normalized spacial score (nSPS) is 14.3. The van der Waals surface area contributed by atoms with Gasteiger partial charge in [0, 0.05) is 26.8 Å². The Bertz CT molecular complexity index is 1130. The Hall–Kier alpha value is -3.28. The van der Waals surface area contributed by atoms with Gasteiger partial charge >= 0.3 is 5.97 Å². The third-order valence-corrected chi connectivity index (χ3v) is 6.03. The number of halogens is 1. The van der Waals surface area contributed by atoms with Crippen LogP contribution in [0.15, 0.2) is 47.6 Å². The summed E-state index contributed by atoms with van der Waals surface area (Å²) in [5.41, 5.74) is 4.72. The zero-order chi connectivity index (χ0) is 24.7. The number of anilines is 2. The van der Waals surface area contributed by atoms with Gasteiger partial charge in [-0.3, -0.25) is 19.2 Å². The summed E-state index contributed by atoms with van der Waals surface area (Å²) in [4.78, 5) is 47.5. The fourth-order valence-electron chi connectivity index (χ4n) is 3.37. The molecule has 1 aliphatic rings. The first-order chi connectivity index (χ1) is 16.2. The topological polar surface area (TPSA) is 137 Å². The monoisotopic (exact) mass is 576 g/mol. The molecule has 9 nitrogen and oxygen atoms in total. The van der Waals surface area contributed by atoms with E-state index < -0.39 is 11.9 Å². The predicted molar refractivity (Wildman–Crippen MR) is 137 cm³/mol. The first kappa shape index (κ1) is 25.3.